The van der Waals surface area contributed by atoms with E-state index in [4.69, 9.17) is 22.9 Å². The van der Waals surface area contributed by atoms with Gasteiger partial charge in [0.05, 0.1) is 9.16 Å². The first-order chi connectivity index (χ1) is 11.8. The maximum absolute atomic E-state index is 5.63. The minimum absolute atomic E-state index is 0.677. The third-order valence-corrected chi connectivity index (χ3v) is 9.41. The average Bonchev–Trinajstić information content (AvgIpc) is 2.59. The summed E-state index contributed by atoms with van der Waals surface area (Å²) in [7, 11) is 0. The molecule has 0 aliphatic heterocycles. The van der Waals surface area contributed by atoms with Gasteiger partial charge in [0, 0.05) is 0 Å². The molecule has 0 aromatic carbocycles. The maximum atomic E-state index is 5.63. The van der Waals surface area contributed by atoms with Gasteiger partial charge in [-0.05, 0) is 87.7 Å². The molecule has 0 saturated carbocycles. The second-order valence-corrected chi connectivity index (χ2v) is 11.3. The molecule has 8 heteroatoms. The lowest BCUT2D eigenvalue weighted by molar-refractivity contribution is 0.843. The van der Waals surface area contributed by atoms with E-state index in [9.17, 15) is 0 Å². The molecule has 0 bridgehead atoms. The Kier molecular flexibility index (Phi) is 21.6. The highest BCUT2D eigenvalue weighted by Gasteiger charge is 2.15. The number of hydrogen-bond acceptors (Lipinski definition) is 8. The van der Waals surface area contributed by atoms with Crippen molar-refractivity contribution < 1.29 is 0 Å². The van der Waals surface area contributed by atoms with Crippen molar-refractivity contribution in [2.24, 2.45) is 22.9 Å². The Morgan fingerprint density at radius 3 is 0.917 bits per heavy atom. The number of hydrogen-bond donors (Lipinski definition) is 4. The molecule has 146 valence electrons. The van der Waals surface area contributed by atoms with Gasteiger partial charge in [-0.15, -0.1) is 47.0 Å². The van der Waals surface area contributed by atoms with Gasteiger partial charge in [0.2, 0.25) is 0 Å². The molecule has 0 rings (SSSR count). The predicted octanol–water partition coefficient (Wildman–Crippen LogP) is 2.75. The highest BCUT2D eigenvalue weighted by Crippen LogP contribution is 2.35. The average molecular weight is 415 g/mol. The fraction of sp³-hybridized carbons (Fsp3) is 1.00. The fourth-order valence-corrected chi connectivity index (χ4v) is 7.41. The highest BCUT2D eigenvalue weighted by atomic mass is 32.2. The fourth-order valence-electron chi connectivity index (χ4n) is 1.89. The molecule has 0 aliphatic carbocycles. The Labute approximate surface area is 166 Å². The first kappa shape index (κ1) is 25.2. The van der Waals surface area contributed by atoms with Crippen molar-refractivity contribution in [1.29, 1.82) is 0 Å². The van der Waals surface area contributed by atoms with E-state index < -0.39 is 0 Å². The first-order valence-electron chi connectivity index (χ1n) is 9.05. The van der Waals surface area contributed by atoms with Crippen molar-refractivity contribution in [2.45, 2.75) is 47.7 Å². The van der Waals surface area contributed by atoms with E-state index in [0.29, 0.717) is 9.16 Å². The molecule has 0 aliphatic rings. The van der Waals surface area contributed by atoms with Crippen molar-refractivity contribution in [3.05, 3.63) is 0 Å². The van der Waals surface area contributed by atoms with Crippen LogP contribution in [0, 0.1) is 0 Å². The summed E-state index contributed by atoms with van der Waals surface area (Å²) in [5.74, 6) is 4.67. The molecule has 0 radical (unpaired) electrons. The Morgan fingerprint density at radius 2 is 0.708 bits per heavy atom. The van der Waals surface area contributed by atoms with Crippen LogP contribution in [0.5, 0.6) is 0 Å². The largest absolute Gasteiger partial charge is 0.330 e. The lowest BCUT2D eigenvalue weighted by Gasteiger charge is -2.21. The zero-order valence-corrected chi connectivity index (χ0v) is 18.3. The third kappa shape index (κ3) is 16.7. The van der Waals surface area contributed by atoms with Crippen LogP contribution in [0.1, 0.15) is 38.5 Å². The van der Waals surface area contributed by atoms with Crippen LogP contribution in [0.2, 0.25) is 0 Å². The predicted molar refractivity (Wildman–Crippen MR) is 121 cm³/mol. The molecule has 8 N–H and O–H groups in total. The van der Waals surface area contributed by atoms with Gasteiger partial charge in [-0.3, -0.25) is 0 Å². The van der Waals surface area contributed by atoms with Crippen LogP contribution in [0.4, 0.5) is 0 Å². The van der Waals surface area contributed by atoms with Crippen molar-refractivity contribution in [3.63, 3.8) is 0 Å². The van der Waals surface area contributed by atoms with Gasteiger partial charge in [0.1, 0.15) is 0 Å². The second-order valence-electron chi connectivity index (χ2n) is 5.49. The summed E-state index contributed by atoms with van der Waals surface area (Å²) in [4.78, 5) is 0. The highest BCUT2D eigenvalue weighted by molar-refractivity contribution is 8.17. The second kappa shape index (κ2) is 20.6. The summed E-state index contributed by atoms with van der Waals surface area (Å²) in [6.07, 6.45) is 6.97. The summed E-state index contributed by atoms with van der Waals surface area (Å²) in [5.41, 5.74) is 22.5. The van der Waals surface area contributed by atoms with Crippen molar-refractivity contribution in [1.82, 2.24) is 0 Å². The molecule has 0 aromatic rings. The van der Waals surface area contributed by atoms with Crippen LogP contribution < -0.4 is 22.9 Å². The van der Waals surface area contributed by atoms with E-state index in [2.05, 4.69) is 47.0 Å². The third-order valence-electron chi connectivity index (χ3n) is 3.25. The summed E-state index contributed by atoms with van der Waals surface area (Å²) in [6.45, 7) is 3.17. The van der Waals surface area contributed by atoms with E-state index in [-0.39, 0.29) is 0 Å². The van der Waals surface area contributed by atoms with E-state index in [1.54, 1.807) is 0 Å². The molecule has 0 saturated heterocycles. The number of rotatable bonds is 19. The normalized spacial score (nSPS) is 11.8. The molecule has 24 heavy (non-hydrogen) atoms. The van der Waals surface area contributed by atoms with Crippen molar-refractivity contribution >= 4 is 47.0 Å². The van der Waals surface area contributed by atoms with Gasteiger partial charge in [-0.2, -0.15) is 0 Å². The van der Waals surface area contributed by atoms with Crippen molar-refractivity contribution in [3.8, 4) is 0 Å². The lowest BCUT2D eigenvalue weighted by Crippen LogP contribution is -2.10. The summed E-state index contributed by atoms with van der Waals surface area (Å²) < 4.78 is 1.35. The molecule has 0 atom stereocenters. The molecular weight excluding hydrogens is 376 g/mol. The minimum Gasteiger partial charge on any atom is -0.330 e. The first-order valence-corrected chi connectivity index (χ1v) is 13.2. The Hall–Kier alpha value is 1.24. The van der Waals surface area contributed by atoms with Crippen LogP contribution in [0.15, 0.2) is 0 Å². The van der Waals surface area contributed by atoms with E-state index in [1.807, 2.05) is 0 Å². The Bertz CT molecular complexity index is 206. The zero-order chi connectivity index (χ0) is 17.9. The van der Waals surface area contributed by atoms with Crippen LogP contribution in [-0.4, -0.2) is 58.4 Å². The van der Waals surface area contributed by atoms with Crippen LogP contribution in [-0.2, 0) is 0 Å². The monoisotopic (exact) mass is 414 g/mol. The quantitative estimate of drug-likeness (QED) is 0.189. The standard InChI is InChI=1S/C16H38N4S4/c17-7-1-11-21-15(22-12-2-8-18)5-6-16(23-13-3-9-19)24-14-4-10-20/h15-16H,1-14,17-20H2. The van der Waals surface area contributed by atoms with Crippen molar-refractivity contribution in [2.75, 3.05) is 49.2 Å². The minimum atomic E-state index is 0.677. The van der Waals surface area contributed by atoms with E-state index >= 15 is 0 Å². The van der Waals surface area contributed by atoms with Gasteiger partial charge in [0.25, 0.3) is 0 Å². The number of thioether (sulfide) groups is 4. The summed E-state index contributed by atoms with van der Waals surface area (Å²) >= 11 is 8.32. The van der Waals surface area contributed by atoms with Gasteiger partial charge in [-0.25, -0.2) is 0 Å². The number of nitrogens with two attached hydrogens (primary N) is 4. The molecule has 0 spiro atoms. The van der Waals surface area contributed by atoms with Crippen LogP contribution >= 0.6 is 47.0 Å². The molecule has 0 heterocycles. The van der Waals surface area contributed by atoms with Gasteiger partial charge < -0.3 is 22.9 Å². The summed E-state index contributed by atoms with van der Waals surface area (Å²) in [6, 6.07) is 0. The molecule has 0 unspecified atom stereocenters. The molecular formula is C16H38N4S4. The molecule has 0 fully saturated rings. The Balaban J connectivity index is 4.21. The van der Waals surface area contributed by atoms with Crippen LogP contribution in [0.25, 0.3) is 0 Å². The van der Waals surface area contributed by atoms with Gasteiger partial charge in [0.15, 0.2) is 0 Å². The molecule has 0 amide bonds. The SMILES string of the molecule is NCCCSC(CCC(SCCCN)SCCCN)SCCCN. The van der Waals surface area contributed by atoms with Gasteiger partial charge in [-0.1, -0.05) is 0 Å². The topological polar surface area (TPSA) is 104 Å². The molecule has 4 nitrogen and oxygen atoms in total. The van der Waals surface area contributed by atoms with E-state index in [1.165, 1.54) is 35.9 Å². The smallest absolute Gasteiger partial charge is 0.0503 e. The zero-order valence-electron chi connectivity index (χ0n) is 15.0. The molecule has 0 aromatic heterocycles. The summed E-state index contributed by atoms with van der Waals surface area (Å²) in [5, 5.41) is 0. The van der Waals surface area contributed by atoms with Gasteiger partial charge >= 0.3 is 0 Å². The van der Waals surface area contributed by atoms with Crippen LogP contribution in [0.3, 0.4) is 0 Å². The van der Waals surface area contributed by atoms with E-state index in [0.717, 1.165) is 51.9 Å². The maximum Gasteiger partial charge on any atom is 0.0503 e. The lowest BCUT2D eigenvalue weighted by atomic mass is 10.4. The Morgan fingerprint density at radius 1 is 0.458 bits per heavy atom.